The zero-order chi connectivity index (χ0) is 16.1. The van der Waals surface area contributed by atoms with E-state index in [9.17, 15) is 4.79 Å². The lowest BCUT2D eigenvalue weighted by atomic mass is 9.94. The third-order valence-electron chi connectivity index (χ3n) is 3.99. The fourth-order valence-electron chi connectivity index (χ4n) is 2.63. The van der Waals surface area contributed by atoms with E-state index in [1.54, 1.807) is 4.90 Å². The van der Waals surface area contributed by atoms with Crippen molar-refractivity contribution in [1.29, 1.82) is 0 Å². The summed E-state index contributed by atoms with van der Waals surface area (Å²) in [6.07, 6.45) is 0. The van der Waals surface area contributed by atoms with Crippen LogP contribution < -0.4 is 5.73 Å². The van der Waals surface area contributed by atoms with Crippen LogP contribution in [0.15, 0.2) is 54.6 Å². The average molecular weight is 296 g/mol. The molecule has 0 heterocycles. The van der Waals surface area contributed by atoms with Crippen LogP contribution in [0, 0.1) is 12.8 Å². The second-order valence-electron chi connectivity index (χ2n) is 5.91. The van der Waals surface area contributed by atoms with Crippen molar-refractivity contribution >= 4 is 5.91 Å². The van der Waals surface area contributed by atoms with Crippen molar-refractivity contribution in [3.8, 4) is 0 Å². The number of aryl methyl sites for hydroxylation is 1. The fourth-order valence-corrected chi connectivity index (χ4v) is 2.63. The van der Waals surface area contributed by atoms with Crippen molar-refractivity contribution in [2.75, 3.05) is 7.05 Å². The number of benzene rings is 2. The minimum Gasteiger partial charge on any atom is -0.341 e. The zero-order valence-electron chi connectivity index (χ0n) is 13.5. The second kappa shape index (κ2) is 7.23. The summed E-state index contributed by atoms with van der Waals surface area (Å²) in [5.41, 5.74) is 9.58. The van der Waals surface area contributed by atoms with Crippen molar-refractivity contribution in [2.24, 2.45) is 11.7 Å². The van der Waals surface area contributed by atoms with E-state index in [1.165, 1.54) is 5.56 Å². The van der Waals surface area contributed by atoms with E-state index in [0.29, 0.717) is 6.54 Å². The van der Waals surface area contributed by atoms with Gasteiger partial charge >= 0.3 is 0 Å². The smallest absolute Gasteiger partial charge is 0.227 e. The molecule has 0 spiro atoms. The Morgan fingerprint density at radius 1 is 1.14 bits per heavy atom. The Balaban J connectivity index is 2.03. The van der Waals surface area contributed by atoms with Crippen LogP contribution in [-0.4, -0.2) is 17.9 Å². The first kappa shape index (κ1) is 16.2. The highest BCUT2D eigenvalue weighted by Gasteiger charge is 2.24. The van der Waals surface area contributed by atoms with Gasteiger partial charge in [0.1, 0.15) is 0 Å². The molecule has 2 atom stereocenters. The van der Waals surface area contributed by atoms with Gasteiger partial charge in [-0.3, -0.25) is 4.79 Å². The van der Waals surface area contributed by atoms with Gasteiger partial charge < -0.3 is 10.6 Å². The topological polar surface area (TPSA) is 46.3 Å². The van der Waals surface area contributed by atoms with Crippen molar-refractivity contribution in [2.45, 2.75) is 26.4 Å². The first-order valence-electron chi connectivity index (χ1n) is 7.60. The fraction of sp³-hybridized carbons (Fsp3) is 0.316. The molecule has 2 rings (SSSR count). The lowest BCUT2D eigenvalue weighted by molar-refractivity contribution is -0.134. The highest BCUT2D eigenvalue weighted by atomic mass is 16.2. The summed E-state index contributed by atoms with van der Waals surface area (Å²) in [6, 6.07) is 17.7. The molecule has 22 heavy (non-hydrogen) atoms. The van der Waals surface area contributed by atoms with Crippen molar-refractivity contribution in [3.63, 3.8) is 0 Å². The Hall–Kier alpha value is -2.13. The predicted molar refractivity (Wildman–Crippen MR) is 90.2 cm³/mol. The number of carbonyl (C=O) groups is 1. The first-order chi connectivity index (χ1) is 10.5. The number of nitrogens with two attached hydrogens (primary N) is 1. The molecule has 0 fully saturated rings. The minimum atomic E-state index is -0.284. The normalized spacial score (nSPS) is 13.5. The molecule has 2 aromatic carbocycles. The first-order valence-corrected chi connectivity index (χ1v) is 7.60. The van der Waals surface area contributed by atoms with E-state index in [4.69, 9.17) is 5.73 Å². The molecule has 0 bridgehead atoms. The molecule has 2 N–H and O–H groups in total. The maximum Gasteiger partial charge on any atom is 0.227 e. The van der Waals surface area contributed by atoms with E-state index in [1.807, 2.05) is 56.4 Å². The molecular weight excluding hydrogens is 272 g/mol. The Bertz CT molecular complexity index is 624. The molecular formula is C19H24N2O. The zero-order valence-corrected chi connectivity index (χ0v) is 13.5. The molecule has 0 aromatic heterocycles. The van der Waals surface area contributed by atoms with Gasteiger partial charge in [0.2, 0.25) is 5.91 Å². The van der Waals surface area contributed by atoms with Crippen LogP contribution in [0.3, 0.4) is 0 Å². The molecule has 1 amide bonds. The molecule has 2 unspecified atom stereocenters. The van der Waals surface area contributed by atoms with Crippen molar-refractivity contribution in [1.82, 2.24) is 4.90 Å². The molecule has 0 saturated carbocycles. The number of hydrogen-bond acceptors (Lipinski definition) is 2. The van der Waals surface area contributed by atoms with Gasteiger partial charge in [-0.2, -0.15) is 0 Å². The van der Waals surface area contributed by atoms with Gasteiger partial charge in [-0.25, -0.2) is 0 Å². The van der Waals surface area contributed by atoms with Gasteiger partial charge in [0.05, 0.1) is 5.92 Å². The van der Waals surface area contributed by atoms with Crippen LogP contribution >= 0.6 is 0 Å². The van der Waals surface area contributed by atoms with E-state index in [-0.39, 0.29) is 17.9 Å². The van der Waals surface area contributed by atoms with Gasteiger partial charge in [0.15, 0.2) is 0 Å². The van der Waals surface area contributed by atoms with Crippen molar-refractivity contribution in [3.05, 3.63) is 71.3 Å². The molecule has 3 nitrogen and oxygen atoms in total. The van der Waals surface area contributed by atoms with Crippen molar-refractivity contribution < 1.29 is 4.79 Å². The van der Waals surface area contributed by atoms with Crippen LogP contribution in [0.4, 0.5) is 0 Å². The van der Waals surface area contributed by atoms with Crippen LogP contribution in [0.5, 0.6) is 0 Å². The van der Waals surface area contributed by atoms with Crippen LogP contribution in [0.1, 0.15) is 29.7 Å². The Labute approximate surface area is 132 Å². The summed E-state index contributed by atoms with van der Waals surface area (Å²) in [5, 5.41) is 0. The van der Waals surface area contributed by atoms with Gasteiger partial charge in [0.25, 0.3) is 0 Å². The molecule has 0 radical (unpaired) electrons. The van der Waals surface area contributed by atoms with E-state index in [0.717, 1.165) is 11.1 Å². The van der Waals surface area contributed by atoms with Crippen LogP contribution in [0.25, 0.3) is 0 Å². The minimum absolute atomic E-state index is 0.0675. The standard InChI is InChI=1S/C19H24N2O/c1-14-8-7-9-16(12-14)13-21(3)19(22)15(2)18(20)17-10-5-4-6-11-17/h4-12,15,18H,13,20H2,1-3H3. The molecule has 0 aliphatic rings. The van der Waals surface area contributed by atoms with Gasteiger partial charge in [0, 0.05) is 19.6 Å². The predicted octanol–water partition coefficient (Wildman–Crippen LogP) is 3.29. The number of amides is 1. The van der Waals surface area contributed by atoms with Gasteiger partial charge in [-0.05, 0) is 18.1 Å². The number of carbonyl (C=O) groups excluding carboxylic acids is 1. The third kappa shape index (κ3) is 3.95. The molecule has 116 valence electrons. The van der Waals surface area contributed by atoms with E-state index < -0.39 is 0 Å². The van der Waals surface area contributed by atoms with E-state index >= 15 is 0 Å². The van der Waals surface area contributed by atoms with Gasteiger partial charge in [-0.1, -0.05) is 67.1 Å². The molecule has 0 saturated heterocycles. The maximum absolute atomic E-state index is 12.6. The average Bonchev–Trinajstić information content (AvgIpc) is 2.53. The monoisotopic (exact) mass is 296 g/mol. The Kier molecular flexibility index (Phi) is 5.34. The summed E-state index contributed by atoms with van der Waals surface area (Å²) in [7, 11) is 1.83. The number of hydrogen-bond donors (Lipinski definition) is 1. The lowest BCUT2D eigenvalue weighted by Gasteiger charge is -2.25. The Morgan fingerprint density at radius 3 is 2.45 bits per heavy atom. The van der Waals surface area contributed by atoms with Crippen LogP contribution in [-0.2, 0) is 11.3 Å². The third-order valence-corrected chi connectivity index (χ3v) is 3.99. The number of nitrogens with zero attached hydrogens (tertiary/aromatic N) is 1. The quantitative estimate of drug-likeness (QED) is 0.920. The summed E-state index contributed by atoms with van der Waals surface area (Å²) < 4.78 is 0. The largest absolute Gasteiger partial charge is 0.341 e. The molecule has 0 aliphatic heterocycles. The second-order valence-corrected chi connectivity index (χ2v) is 5.91. The molecule has 3 heteroatoms. The number of rotatable bonds is 5. The maximum atomic E-state index is 12.6. The summed E-state index contributed by atoms with van der Waals surface area (Å²) in [4.78, 5) is 14.3. The lowest BCUT2D eigenvalue weighted by Crippen LogP contribution is -2.36. The Morgan fingerprint density at radius 2 is 1.82 bits per heavy atom. The molecule has 2 aromatic rings. The highest BCUT2D eigenvalue weighted by molar-refractivity contribution is 5.79. The van der Waals surface area contributed by atoms with E-state index in [2.05, 4.69) is 19.1 Å². The summed E-state index contributed by atoms with van der Waals surface area (Å²) in [6.45, 7) is 4.55. The van der Waals surface area contributed by atoms with Gasteiger partial charge in [-0.15, -0.1) is 0 Å². The molecule has 0 aliphatic carbocycles. The SMILES string of the molecule is Cc1cccc(CN(C)C(=O)C(C)C(N)c2ccccc2)c1. The summed E-state index contributed by atoms with van der Waals surface area (Å²) >= 11 is 0. The van der Waals surface area contributed by atoms with Crippen LogP contribution in [0.2, 0.25) is 0 Å². The highest BCUT2D eigenvalue weighted by Crippen LogP contribution is 2.21. The summed E-state index contributed by atoms with van der Waals surface area (Å²) in [5.74, 6) is -0.185.